The van der Waals surface area contributed by atoms with Crippen molar-refractivity contribution in [3.63, 3.8) is 0 Å². The second-order valence-corrected chi connectivity index (χ2v) is 7.86. The molecule has 2 bridgehead atoms. The van der Waals surface area contributed by atoms with Crippen molar-refractivity contribution in [1.82, 2.24) is 9.62 Å². The number of benzene rings is 1. The molecule has 0 aromatic heterocycles. The lowest BCUT2D eigenvalue weighted by Crippen LogP contribution is -2.42. The van der Waals surface area contributed by atoms with Crippen LogP contribution in [0.2, 0.25) is 10.0 Å². The Morgan fingerprint density at radius 3 is 2.62 bits per heavy atom. The Labute approximate surface area is 141 Å². The highest BCUT2D eigenvalue weighted by Crippen LogP contribution is 2.37. The molecule has 0 spiro atoms. The summed E-state index contributed by atoms with van der Waals surface area (Å²) >= 11 is 12.1. The maximum atomic E-state index is 12.9. The van der Waals surface area contributed by atoms with Gasteiger partial charge in [-0.1, -0.05) is 29.3 Å². The number of fused-ring (bicyclic) bond motifs is 2. The summed E-state index contributed by atoms with van der Waals surface area (Å²) in [6.45, 7) is 1.56. The first-order valence-corrected chi connectivity index (χ1v) is 8.89. The predicted octanol–water partition coefficient (Wildman–Crippen LogP) is 2.93. The monoisotopic (exact) mass is 370 g/mol. The zero-order chi connectivity index (χ0) is 14.3. The zero-order valence-corrected chi connectivity index (χ0v) is 14.4. The van der Waals surface area contributed by atoms with Crippen LogP contribution < -0.4 is 5.32 Å². The van der Waals surface area contributed by atoms with Crippen molar-refractivity contribution in [2.75, 3.05) is 13.1 Å². The van der Waals surface area contributed by atoms with Gasteiger partial charge in [-0.15, -0.1) is 12.4 Å². The Balaban J connectivity index is 0.00000161. The molecule has 1 aromatic carbocycles. The zero-order valence-electron chi connectivity index (χ0n) is 11.3. The molecule has 0 radical (unpaired) electrons. The minimum absolute atomic E-state index is 0. The second-order valence-electron chi connectivity index (χ2n) is 5.26. The first-order chi connectivity index (χ1) is 9.51. The van der Waals surface area contributed by atoms with E-state index in [2.05, 4.69) is 5.32 Å². The van der Waals surface area contributed by atoms with Crippen LogP contribution in [-0.4, -0.2) is 37.9 Å². The number of hydrogen-bond acceptors (Lipinski definition) is 3. The van der Waals surface area contributed by atoms with Crippen molar-refractivity contribution in [3.05, 3.63) is 28.2 Å². The average Bonchev–Trinajstić information content (AvgIpc) is 2.66. The summed E-state index contributed by atoms with van der Waals surface area (Å²) in [5.41, 5.74) is 0. The third-order valence-corrected chi connectivity index (χ3v) is 7.04. The molecule has 0 saturated carbocycles. The topological polar surface area (TPSA) is 49.4 Å². The molecule has 2 aliphatic rings. The molecule has 2 atom stereocenters. The second kappa shape index (κ2) is 6.60. The Kier molecular flexibility index (Phi) is 5.45. The molecule has 2 aliphatic heterocycles. The molecule has 3 rings (SSSR count). The van der Waals surface area contributed by atoms with Crippen LogP contribution in [0.15, 0.2) is 23.1 Å². The van der Waals surface area contributed by atoms with Crippen LogP contribution in [0.25, 0.3) is 0 Å². The Morgan fingerprint density at radius 1 is 1.14 bits per heavy atom. The first kappa shape index (κ1) is 17.3. The number of sulfonamides is 1. The molecule has 2 unspecified atom stereocenters. The highest BCUT2D eigenvalue weighted by molar-refractivity contribution is 7.89. The van der Waals surface area contributed by atoms with Gasteiger partial charge < -0.3 is 5.32 Å². The highest BCUT2D eigenvalue weighted by Gasteiger charge is 2.43. The maximum absolute atomic E-state index is 12.9. The van der Waals surface area contributed by atoms with Gasteiger partial charge in [0.1, 0.15) is 4.90 Å². The fourth-order valence-electron chi connectivity index (χ4n) is 3.13. The van der Waals surface area contributed by atoms with Crippen molar-refractivity contribution in [2.24, 2.45) is 0 Å². The van der Waals surface area contributed by atoms with E-state index in [-0.39, 0.29) is 39.4 Å². The largest absolute Gasteiger partial charge is 0.315 e. The molecule has 0 aliphatic carbocycles. The van der Waals surface area contributed by atoms with Gasteiger partial charge in [0.2, 0.25) is 10.0 Å². The first-order valence-electron chi connectivity index (χ1n) is 6.70. The summed E-state index contributed by atoms with van der Waals surface area (Å²) in [5.74, 6) is 0. The fourth-order valence-corrected chi connectivity index (χ4v) is 5.77. The van der Waals surface area contributed by atoms with Gasteiger partial charge in [0.25, 0.3) is 0 Å². The molecule has 1 N–H and O–H groups in total. The smallest absolute Gasteiger partial charge is 0.245 e. The van der Waals surface area contributed by atoms with E-state index in [9.17, 15) is 8.42 Å². The lowest BCUT2D eigenvalue weighted by Gasteiger charge is -2.27. The van der Waals surface area contributed by atoms with Gasteiger partial charge >= 0.3 is 0 Å². The number of nitrogens with zero attached hydrogens (tertiary/aromatic N) is 1. The minimum Gasteiger partial charge on any atom is -0.315 e. The van der Waals surface area contributed by atoms with Gasteiger partial charge in [0.05, 0.1) is 10.0 Å². The van der Waals surface area contributed by atoms with Crippen LogP contribution in [-0.2, 0) is 10.0 Å². The van der Waals surface area contributed by atoms with E-state index in [0.29, 0.717) is 6.54 Å². The van der Waals surface area contributed by atoms with E-state index in [1.807, 2.05) is 0 Å². The van der Waals surface area contributed by atoms with Crippen molar-refractivity contribution >= 4 is 45.6 Å². The van der Waals surface area contributed by atoms with Crippen LogP contribution in [0.1, 0.15) is 19.3 Å². The molecule has 2 saturated heterocycles. The molecule has 21 heavy (non-hydrogen) atoms. The van der Waals surface area contributed by atoms with Gasteiger partial charge in [-0.25, -0.2) is 8.42 Å². The molecule has 8 heteroatoms. The Bertz CT molecular complexity index is 610. The molecule has 4 nitrogen and oxygen atoms in total. The average molecular weight is 372 g/mol. The number of hydrogen-bond donors (Lipinski definition) is 1. The van der Waals surface area contributed by atoms with Gasteiger partial charge in [-0.3, -0.25) is 0 Å². The van der Waals surface area contributed by atoms with E-state index >= 15 is 0 Å². The van der Waals surface area contributed by atoms with Crippen LogP contribution in [0.4, 0.5) is 0 Å². The Morgan fingerprint density at radius 2 is 1.86 bits per heavy atom. The van der Waals surface area contributed by atoms with Crippen molar-refractivity contribution in [1.29, 1.82) is 0 Å². The quantitative estimate of drug-likeness (QED) is 0.869. The molecular weight excluding hydrogens is 355 g/mol. The van der Waals surface area contributed by atoms with E-state index in [4.69, 9.17) is 23.2 Å². The molecule has 118 valence electrons. The lowest BCUT2D eigenvalue weighted by atomic mass is 10.1. The van der Waals surface area contributed by atoms with Gasteiger partial charge in [-0.05, 0) is 37.9 Å². The summed E-state index contributed by atoms with van der Waals surface area (Å²) in [6.07, 6.45) is 2.66. The Hall–Kier alpha value is -0.0400. The lowest BCUT2D eigenvalue weighted by molar-refractivity contribution is 0.334. The molecule has 0 amide bonds. The van der Waals surface area contributed by atoms with Crippen LogP contribution in [0.3, 0.4) is 0 Å². The van der Waals surface area contributed by atoms with Crippen LogP contribution in [0.5, 0.6) is 0 Å². The van der Waals surface area contributed by atoms with E-state index < -0.39 is 10.0 Å². The van der Waals surface area contributed by atoms with E-state index in [0.717, 1.165) is 25.8 Å². The number of nitrogens with one attached hydrogen (secondary N) is 1. The molecular formula is C13H17Cl3N2O2S. The van der Waals surface area contributed by atoms with E-state index in [1.54, 1.807) is 16.4 Å². The number of halogens is 3. The van der Waals surface area contributed by atoms with Gasteiger partial charge in [0.15, 0.2) is 0 Å². The SMILES string of the molecule is Cl.O=S(=O)(c1cccc(Cl)c1Cl)N1C2CCNCC1CC2. The van der Waals surface area contributed by atoms with Crippen molar-refractivity contribution in [2.45, 2.75) is 36.2 Å². The molecule has 2 fully saturated rings. The third-order valence-electron chi connectivity index (χ3n) is 4.06. The molecule has 2 heterocycles. The summed E-state index contributed by atoms with van der Waals surface area (Å²) in [5, 5.41) is 3.68. The van der Waals surface area contributed by atoms with Gasteiger partial charge in [-0.2, -0.15) is 4.31 Å². The van der Waals surface area contributed by atoms with Gasteiger partial charge in [0, 0.05) is 18.6 Å². The van der Waals surface area contributed by atoms with Crippen molar-refractivity contribution in [3.8, 4) is 0 Å². The summed E-state index contributed by atoms with van der Waals surface area (Å²) in [4.78, 5) is 0.116. The maximum Gasteiger partial charge on any atom is 0.245 e. The normalized spacial score (nSPS) is 26.2. The summed E-state index contributed by atoms with van der Waals surface area (Å²) in [6, 6.07) is 4.83. The van der Waals surface area contributed by atoms with Crippen LogP contribution in [0, 0.1) is 0 Å². The number of rotatable bonds is 2. The van der Waals surface area contributed by atoms with Crippen molar-refractivity contribution < 1.29 is 8.42 Å². The fraction of sp³-hybridized carbons (Fsp3) is 0.538. The third kappa shape index (κ3) is 3.05. The molecule has 1 aromatic rings. The standard InChI is InChI=1S/C13H16Cl2N2O2S.ClH/c14-11-2-1-3-12(13(11)15)20(18,19)17-9-4-5-10(17)8-16-7-6-9;/h1-3,9-10,16H,4-8H2;1H. The summed E-state index contributed by atoms with van der Waals surface area (Å²) in [7, 11) is -3.60. The van der Waals surface area contributed by atoms with E-state index in [1.165, 1.54) is 6.07 Å². The predicted molar refractivity (Wildman–Crippen MR) is 87.0 cm³/mol. The minimum atomic E-state index is -3.60. The highest BCUT2D eigenvalue weighted by atomic mass is 35.5. The summed E-state index contributed by atoms with van der Waals surface area (Å²) < 4.78 is 27.5. The van der Waals surface area contributed by atoms with Crippen LogP contribution >= 0.6 is 35.6 Å².